The summed E-state index contributed by atoms with van der Waals surface area (Å²) in [5.41, 5.74) is 1.36. The summed E-state index contributed by atoms with van der Waals surface area (Å²) in [5, 5.41) is 4.26. The lowest BCUT2D eigenvalue weighted by Gasteiger charge is -2.30. The zero-order valence-corrected chi connectivity index (χ0v) is 14.9. The molecule has 25 heavy (non-hydrogen) atoms. The SMILES string of the molecule is CC(c1noc(C2CCCN(Cc3ccccc3)C2)n1)C1CCCO1. The Bertz CT molecular complexity index is 667. The highest BCUT2D eigenvalue weighted by molar-refractivity contribution is 5.14. The van der Waals surface area contributed by atoms with E-state index in [0.29, 0.717) is 5.92 Å². The summed E-state index contributed by atoms with van der Waals surface area (Å²) in [4.78, 5) is 7.23. The highest BCUT2D eigenvalue weighted by Crippen LogP contribution is 2.30. The first-order chi connectivity index (χ1) is 12.3. The normalized spacial score (nSPS) is 26.0. The zero-order valence-electron chi connectivity index (χ0n) is 14.9. The first kappa shape index (κ1) is 16.7. The predicted molar refractivity (Wildman–Crippen MR) is 95.4 cm³/mol. The van der Waals surface area contributed by atoms with Crippen molar-refractivity contribution in [3.05, 3.63) is 47.6 Å². The van der Waals surface area contributed by atoms with Gasteiger partial charge in [-0.05, 0) is 37.8 Å². The van der Waals surface area contributed by atoms with Gasteiger partial charge in [0.25, 0.3) is 0 Å². The predicted octanol–water partition coefficient (Wildman–Crippen LogP) is 3.73. The second kappa shape index (κ2) is 7.67. The highest BCUT2D eigenvalue weighted by Gasteiger charge is 2.30. The van der Waals surface area contributed by atoms with E-state index in [4.69, 9.17) is 14.2 Å². The second-order valence-corrected chi connectivity index (χ2v) is 7.39. The molecule has 0 N–H and O–H groups in total. The summed E-state index contributed by atoms with van der Waals surface area (Å²) in [6, 6.07) is 10.7. The molecule has 0 spiro atoms. The summed E-state index contributed by atoms with van der Waals surface area (Å²) in [6.07, 6.45) is 4.78. The van der Waals surface area contributed by atoms with Gasteiger partial charge in [0.2, 0.25) is 5.89 Å². The van der Waals surface area contributed by atoms with Crippen LogP contribution in [0.5, 0.6) is 0 Å². The van der Waals surface area contributed by atoms with E-state index >= 15 is 0 Å². The van der Waals surface area contributed by atoms with Gasteiger partial charge < -0.3 is 9.26 Å². The van der Waals surface area contributed by atoms with Crippen molar-refractivity contribution in [1.29, 1.82) is 0 Å². The van der Waals surface area contributed by atoms with Crippen molar-refractivity contribution in [1.82, 2.24) is 15.0 Å². The summed E-state index contributed by atoms with van der Waals surface area (Å²) in [5.74, 6) is 2.17. The molecule has 5 nitrogen and oxygen atoms in total. The van der Waals surface area contributed by atoms with Gasteiger partial charge >= 0.3 is 0 Å². The van der Waals surface area contributed by atoms with Gasteiger partial charge in [-0.2, -0.15) is 4.98 Å². The molecular formula is C20H27N3O2. The van der Waals surface area contributed by atoms with Crippen LogP contribution in [0.25, 0.3) is 0 Å². The molecule has 2 aliphatic rings. The highest BCUT2D eigenvalue weighted by atomic mass is 16.5. The Morgan fingerprint density at radius 3 is 2.88 bits per heavy atom. The van der Waals surface area contributed by atoms with E-state index < -0.39 is 0 Å². The molecule has 0 radical (unpaired) electrons. The van der Waals surface area contributed by atoms with E-state index in [1.165, 1.54) is 12.0 Å². The van der Waals surface area contributed by atoms with Crippen LogP contribution in [0.3, 0.4) is 0 Å². The molecule has 3 heterocycles. The first-order valence-corrected chi connectivity index (χ1v) is 9.51. The lowest BCUT2D eigenvalue weighted by atomic mass is 9.97. The van der Waals surface area contributed by atoms with Crippen molar-refractivity contribution < 1.29 is 9.26 Å². The van der Waals surface area contributed by atoms with Gasteiger partial charge in [-0.1, -0.05) is 42.4 Å². The lowest BCUT2D eigenvalue weighted by molar-refractivity contribution is 0.0902. The van der Waals surface area contributed by atoms with Crippen LogP contribution in [0.2, 0.25) is 0 Å². The van der Waals surface area contributed by atoms with Crippen LogP contribution < -0.4 is 0 Å². The molecular weight excluding hydrogens is 314 g/mol. The summed E-state index contributed by atoms with van der Waals surface area (Å²) in [7, 11) is 0. The molecule has 0 amide bonds. The number of nitrogens with zero attached hydrogens (tertiary/aromatic N) is 3. The molecule has 2 aromatic rings. The Hall–Kier alpha value is -1.72. The van der Waals surface area contributed by atoms with Crippen molar-refractivity contribution in [3.63, 3.8) is 0 Å². The largest absolute Gasteiger partial charge is 0.377 e. The number of aromatic nitrogens is 2. The van der Waals surface area contributed by atoms with Gasteiger partial charge in [-0.15, -0.1) is 0 Å². The van der Waals surface area contributed by atoms with Crippen LogP contribution in [-0.4, -0.2) is 40.8 Å². The minimum absolute atomic E-state index is 0.212. The van der Waals surface area contributed by atoms with E-state index in [2.05, 4.69) is 47.3 Å². The van der Waals surface area contributed by atoms with Crippen LogP contribution in [0.1, 0.15) is 61.7 Å². The smallest absolute Gasteiger partial charge is 0.231 e. The van der Waals surface area contributed by atoms with E-state index in [1.54, 1.807) is 0 Å². The summed E-state index contributed by atoms with van der Waals surface area (Å²) >= 11 is 0. The van der Waals surface area contributed by atoms with Crippen molar-refractivity contribution in [3.8, 4) is 0 Å². The van der Waals surface area contributed by atoms with Gasteiger partial charge in [-0.25, -0.2) is 0 Å². The fourth-order valence-corrected chi connectivity index (χ4v) is 4.00. The van der Waals surface area contributed by atoms with Crippen LogP contribution >= 0.6 is 0 Å². The van der Waals surface area contributed by atoms with Gasteiger partial charge in [-0.3, -0.25) is 4.90 Å². The molecule has 134 valence electrons. The maximum atomic E-state index is 5.78. The number of ether oxygens (including phenoxy) is 1. The number of likely N-dealkylation sites (tertiary alicyclic amines) is 1. The molecule has 5 heteroatoms. The second-order valence-electron chi connectivity index (χ2n) is 7.39. The Morgan fingerprint density at radius 1 is 1.20 bits per heavy atom. The quantitative estimate of drug-likeness (QED) is 0.829. The van der Waals surface area contributed by atoms with Gasteiger partial charge in [0, 0.05) is 25.6 Å². The van der Waals surface area contributed by atoms with E-state index in [-0.39, 0.29) is 12.0 Å². The van der Waals surface area contributed by atoms with E-state index in [9.17, 15) is 0 Å². The van der Waals surface area contributed by atoms with Gasteiger partial charge in [0.1, 0.15) is 0 Å². The molecule has 4 rings (SSSR count). The fourth-order valence-electron chi connectivity index (χ4n) is 4.00. The van der Waals surface area contributed by atoms with Gasteiger partial charge in [0.15, 0.2) is 5.82 Å². The lowest BCUT2D eigenvalue weighted by Crippen LogP contribution is -2.34. The summed E-state index contributed by atoms with van der Waals surface area (Å²) in [6.45, 7) is 6.12. The van der Waals surface area contributed by atoms with Crippen LogP contribution in [0.15, 0.2) is 34.9 Å². The van der Waals surface area contributed by atoms with Crippen molar-refractivity contribution in [2.24, 2.45) is 0 Å². The minimum atomic E-state index is 0.212. The third kappa shape index (κ3) is 3.93. The Labute approximate surface area is 149 Å². The van der Waals surface area contributed by atoms with Crippen LogP contribution in [0, 0.1) is 0 Å². The maximum absolute atomic E-state index is 5.78. The number of rotatable bonds is 5. The third-order valence-corrected chi connectivity index (χ3v) is 5.49. The Morgan fingerprint density at radius 2 is 2.08 bits per heavy atom. The van der Waals surface area contributed by atoms with Crippen molar-refractivity contribution >= 4 is 0 Å². The molecule has 1 aromatic heterocycles. The van der Waals surface area contributed by atoms with Crippen LogP contribution in [0.4, 0.5) is 0 Å². The maximum Gasteiger partial charge on any atom is 0.231 e. The fraction of sp³-hybridized carbons (Fsp3) is 0.600. The number of benzene rings is 1. The van der Waals surface area contributed by atoms with E-state index in [1.807, 2.05) is 0 Å². The van der Waals surface area contributed by atoms with Gasteiger partial charge in [0.05, 0.1) is 12.0 Å². The molecule has 0 bridgehead atoms. The molecule has 0 saturated carbocycles. The standard InChI is InChI=1S/C20H27N3O2/c1-15(18-10-6-12-24-18)19-21-20(25-22-19)17-9-5-11-23(14-17)13-16-7-3-2-4-8-16/h2-4,7-8,15,17-18H,5-6,9-14H2,1H3. The number of piperidine rings is 1. The average molecular weight is 341 g/mol. The number of hydrogen-bond donors (Lipinski definition) is 0. The number of hydrogen-bond acceptors (Lipinski definition) is 5. The monoisotopic (exact) mass is 341 g/mol. The summed E-state index contributed by atoms with van der Waals surface area (Å²) < 4.78 is 11.4. The Kier molecular flexibility index (Phi) is 5.13. The van der Waals surface area contributed by atoms with Crippen molar-refractivity contribution in [2.45, 2.75) is 57.1 Å². The molecule has 3 atom stereocenters. The first-order valence-electron chi connectivity index (χ1n) is 9.51. The third-order valence-electron chi connectivity index (χ3n) is 5.49. The minimum Gasteiger partial charge on any atom is -0.377 e. The molecule has 2 aliphatic heterocycles. The average Bonchev–Trinajstić information content (AvgIpc) is 3.34. The molecule has 2 fully saturated rings. The van der Waals surface area contributed by atoms with Crippen molar-refractivity contribution in [2.75, 3.05) is 19.7 Å². The van der Waals surface area contributed by atoms with Crippen LogP contribution in [-0.2, 0) is 11.3 Å². The molecule has 0 aliphatic carbocycles. The topological polar surface area (TPSA) is 51.4 Å². The Balaban J connectivity index is 1.39. The molecule has 3 unspecified atom stereocenters. The molecule has 2 saturated heterocycles. The molecule has 1 aromatic carbocycles. The van der Waals surface area contributed by atoms with E-state index in [0.717, 1.165) is 57.2 Å². The zero-order chi connectivity index (χ0) is 17.1.